The number of ketones is 1. The normalized spacial score (nSPS) is 17.9. The quantitative estimate of drug-likeness (QED) is 0.638. The van der Waals surface area contributed by atoms with Crippen molar-refractivity contribution in [3.8, 4) is 0 Å². The first kappa shape index (κ1) is 12.9. The Morgan fingerprint density at radius 1 is 1.33 bits per heavy atom. The number of aliphatic hydroxyl groups excluding tert-OH is 1. The van der Waals surface area contributed by atoms with E-state index in [1.807, 2.05) is 0 Å². The van der Waals surface area contributed by atoms with Crippen molar-refractivity contribution in [2.24, 2.45) is 10.2 Å². The van der Waals surface area contributed by atoms with Crippen molar-refractivity contribution < 1.29 is 18.7 Å². The molecule has 0 radical (unpaired) electrons. The second-order valence-corrected chi connectivity index (χ2v) is 5.33. The van der Waals surface area contributed by atoms with Crippen molar-refractivity contribution in [3.05, 3.63) is 16.5 Å². The van der Waals surface area contributed by atoms with Crippen LogP contribution in [0.15, 0.2) is 21.7 Å². The van der Waals surface area contributed by atoms with Crippen LogP contribution in [0.3, 0.4) is 0 Å². The summed E-state index contributed by atoms with van der Waals surface area (Å²) >= 11 is -0.993. The van der Waals surface area contributed by atoms with Crippen molar-refractivity contribution in [1.82, 2.24) is 10.2 Å². The third-order valence-electron chi connectivity index (χ3n) is 2.07. The summed E-state index contributed by atoms with van der Waals surface area (Å²) in [4.78, 5) is 11.3. The first-order valence-electron chi connectivity index (χ1n) is 4.83. The fourth-order valence-corrected chi connectivity index (χ4v) is 2.55. The Morgan fingerprint density at radius 3 is 2.72 bits per heavy atom. The number of carbonyl (C=O) groups excluding carboxylic acids is 1. The largest absolute Gasteiger partial charge is 0.510 e. The summed E-state index contributed by atoms with van der Waals surface area (Å²) in [7, 11) is 0. The Hall–Kier alpha value is -1.52. The standard InChI is InChI=1S/C8H8N4O4S2/c13-4-1-2-5(14)7(4)10-12-8-11-9-6(17-8)3-18(15)16/h13H,1-3H2,(H,15,16). The molecule has 0 aromatic carbocycles. The van der Waals surface area contributed by atoms with Crippen LogP contribution in [0.4, 0.5) is 5.13 Å². The molecule has 1 heterocycles. The van der Waals surface area contributed by atoms with Crippen LogP contribution < -0.4 is 0 Å². The molecule has 1 aliphatic carbocycles. The maximum atomic E-state index is 11.3. The number of Topliss-reactive ketones (excluding diaryl/α,β-unsaturated/α-hetero) is 1. The van der Waals surface area contributed by atoms with Crippen molar-refractivity contribution in [2.75, 3.05) is 0 Å². The number of rotatable bonds is 4. The van der Waals surface area contributed by atoms with Gasteiger partial charge in [-0.2, -0.15) is 0 Å². The van der Waals surface area contributed by atoms with E-state index in [9.17, 15) is 14.1 Å². The summed E-state index contributed by atoms with van der Waals surface area (Å²) < 4.78 is 19.2. The highest BCUT2D eigenvalue weighted by Crippen LogP contribution is 2.25. The Bertz CT molecular complexity index is 565. The first-order chi connectivity index (χ1) is 8.56. The van der Waals surface area contributed by atoms with Gasteiger partial charge in [-0.1, -0.05) is 11.3 Å². The van der Waals surface area contributed by atoms with Gasteiger partial charge in [-0.05, 0) is 0 Å². The molecule has 2 rings (SSSR count). The molecule has 1 aromatic heterocycles. The van der Waals surface area contributed by atoms with Gasteiger partial charge in [-0.25, -0.2) is 4.21 Å². The Balaban J connectivity index is 2.10. The minimum Gasteiger partial charge on any atom is -0.510 e. The minimum atomic E-state index is -1.99. The van der Waals surface area contributed by atoms with Crippen LogP contribution in [0.1, 0.15) is 17.8 Å². The number of azo groups is 1. The molecule has 18 heavy (non-hydrogen) atoms. The number of nitrogens with zero attached hydrogens (tertiary/aromatic N) is 4. The summed E-state index contributed by atoms with van der Waals surface area (Å²) in [5.41, 5.74) is -0.0579. The molecule has 1 aliphatic rings. The highest BCUT2D eigenvalue weighted by Gasteiger charge is 2.22. The molecule has 0 bridgehead atoms. The molecule has 96 valence electrons. The van der Waals surface area contributed by atoms with Gasteiger partial charge >= 0.3 is 0 Å². The highest BCUT2D eigenvalue weighted by molar-refractivity contribution is 7.78. The zero-order chi connectivity index (χ0) is 13.1. The summed E-state index contributed by atoms with van der Waals surface area (Å²) in [5, 5.41) is 24.4. The van der Waals surface area contributed by atoms with Gasteiger partial charge in [0.2, 0.25) is 0 Å². The molecule has 0 spiro atoms. The molecule has 1 atom stereocenters. The lowest BCUT2D eigenvalue weighted by Gasteiger charge is -1.89. The van der Waals surface area contributed by atoms with E-state index in [-0.39, 0.29) is 41.0 Å². The highest BCUT2D eigenvalue weighted by atomic mass is 32.2. The van der Waals surface area contributed by atoms with Crippen LogP contribution in [0.2, 0.25) is 0 Å². The van der Waals surface area contributed by atoms with Crippen molar-refractivity contribution in [2.45, 2.75) is 18.6 Å². The van der Waals surface area contributed by atoms with Gasteiger partial charge in [0.25, 0.3) is 5.13 Å². The van der Waals surface area contributed by atoms with Crippen molar-refractivity contribution in [3.63, 3.8) is 0 Å². The monoisotopic (exact) mass is 288 g/mol. The van der Waals surface area contributed by atoms with Crippen LogP contribution in [0, 0.1) is 0 Å². The van der Waals surface area contributed by atoms with Crippen LogP contribution in [0.5, 0.6) is 0 Å². The minimum absolute atomic E-state index is 0.0579. The molecule has 8 nitrogen and oxygen atoms in total. The van der Waals surface area contributed by atoms with E-state index in [2.05, 4.69) is 20.4 Å². The number of allylic oxidation sites excluding steroid dienone is 2. The average molecular weight is 288 g/mol. The predicted octanol–water partition coefficient (Wildman–Crippen LogP) is 1.48. The van der Waals surface area contributed by atoms with E-state index in [1.54, 1.807) is 0 Å². The molecule has 0 saturated heterocycles. The summed E-state index contributed by atoms with van der Waals surface area (Å²) in [6, 6.07) is 0. The Morgan fingerprint density at radius 2 is 2.11 bits per heavy atom. The first-order valence-corrected chi connectivity index (χ1v) is 6.92. The van der Waals surface area contributed by atoms with E-state index < -0.39 is 11.1 Å². The Kier molecular flexibility index (Phi) is 3.89. The molecular weight excluding hydrogens is 280 g/mol. The molecule has 1 unspecified atom stereocenters. The third kappa shape index (κ3) is 3.03. The van der Waals surface area contributed by atoms with E-state index >= 15 is 0 Å². The molecule has 0 aliphatic heterocycles. The smallest absolute Gasteiger partial charge is 0.251 e. The number of aliphatic hydroxyl groups is 1. The molecule has 0 fully saturated rings. The van der Waals surface area contributed by atoms with E-state index in [1.165, 1.54) is 0 Å². The van der Waals surface area contributed by atoms with Gasteiger partial charge in [0.05, 0.1) is 0 Å². The molecule has 10 heteroatoms. The zero-order valence-corrected chi connectivity index (χ0v) is 10.6. The van der Waals surface area contributed by atoms with Crippen molar-refractivity contribution in [1.29, 1.82) is 0 Å². The lowest BCUT2D eigenvalue weighted by atomic mass is 10.3. The van der Waals surface area contributed by atoms with E-state index in [0.717, 1.165) is 11.3 Å². The number of aromatic nitrogens is 2. The predicted molar refractivity (Wildman–Crippen MR) is 62.8 cm³/mol. The maximum absolute atomic E-state index is 11.3. The van der Waals surface area contributed by atoms with Crippen LogP contribution in [-0.2, 0) is 21.6 Å². The lowest BCUT2D eigenvalue weighted by molar-refractivity contribution is -0.115. The fourth-order valence-electron chi connectivity index (χ4n) is 1.29. The fraction of sp³-hybridized carbons (Fsp3) is 0.375. The maximum Gasteiger partial charge on any atom is 0.251 e. The number of hydrogen-bond acceptors (Lipinski definition) is 8. The molecule has 1 aromatic rings. The van der Waals surface area contributed by atoms with Gasteiger partial charge in [0.15, 0.2) is 22.6 Å². The van der Waals surface area contributed by atoms with Crippen LogP contribution in [0.25, 0.3) is 0 Å². The van der Waals surface area contributed by atoms with Gasteiger partial charge in [0, 0.05) is 12.8 Å². The van der Waals surface area contributed by atoms with E-state index in [4.69, 9.17) is 4.55 Å². The van der Waals surface area contributed by atoms with E-state index in [0.29, 0.717) is 5.01 Å². The zero-order valence-electron chi connectivity index (χ0n) is 8.94. The van der Waals surface area contributed by atoms with Gasteiger partial charge in [-0.3, -0.25) is 4.79 Å². The molecule has 0 amide bonds. The third-order valence-corrected chi connectivity index (χ3v) is 3.58. The molecule has 2 N–H and O–H groups in total. The average Bonchev–Trinajstić information content (AvgIpc) is 2.84. The number of hydrogen-bond donors (Lipinski definition) is 2. The summed E-state index contributed by atoms with van der Waals surface area (Å²) in [5.74, 6) is -0.470. The van der Waals surface area contributed by atoms with Gasteiger partial charge in [-0.15, -0.1) is 20.4 Å². The summed E-state index contributed by atoms with van der Waals surface area (Å²) in [6.45, 7) is 0. The lowest BCUT2D eigenvalue weighted by Crippen LogP contribution is -1.92. The summed E-state index contributed by atoms with van der Waals surface area (Å²) in [6.07, 6.45) is 0.503. The molecule has 0 saturated carbocycles. The second kappa shape index (κ2) is 5.42. The van der Waals surface area contributed by atoms with Gasteiger partial charge in [0.1, 0.15) is 16.5 Å². The van der Waals surface area contributed by atoms with Crippen LogP contribution in [-0.4, -0.2) is 29.8 Å². The van der Waals surface area contributed by atoms with Crippen LogP contribution >= 0.6 is 11.3 Å². The topological polar surface area (TPSA) is 125 Å². The van der Waals surface area contributed by atoms with Crippen molar-refractivity contribution >= 4 is 33.3 Å². The number of carbonyl (C=O) groups is 1. The second-order valence-electron chi connectivity index (χ2n) is 3.36. The SMILES string of the molecule is O=C1CCC(O)=C1N=Nc1nnc(CS(=O)O)s1. The Labute approximate surface area is 108 Å². The molecular formula is C8H8N4O4S2. The van der Waals surface area contributed by atoms with Gasteiger partial charge < -0.3 is 9.66 Å².